The third-order valence-corrected chi connectivity index (χ3v) is 8.12. The molecule has 166 valence electrons. The fourth-order valence-electron chi connectivity index (χ4n) is 6.39. The Morgan fingerprint density at radius 3 is 2.52 bits per heavy atom. The summed E-state index contributed by atoms with van der Waals surface area (Å²) < 4.78 is 0.920. The lowest BCUT2D eigenvalue weighted by Gasteiger charge is -2.37. The third-order valence-electron chi connectivity index (χ3n) is 7.59. The molecule has 1 amide bonds. The van der Waals surface area contributed by atoms with Crippen LogP contribution in [-0.4, -0.2) is 34.3 Å². The topological polar surface area (TPSA) is 69.6 Å². The van der Waals surface area contributed by atoms with Gasteiger partial charge in [-0.2, -0.15) is 0 Å². The number of phenols is 1. The van der Waals surface area contributed by atoms with Gasteiger partial charge in [0.1, 0.15) is 11.3 Å². The minimum absolute atomic E-state index is 0.0307. The zero-order chi connectivity index (χ0) is 22.7. The molecule has 0 radical (unpaired) electrons. The lowest BCUT2D eigenvalue weighted by atomic mass is 9.69. The number of fused-ring (bicyclic) bond motifs is 4. The Bertz CT molecular complexity index is 1260. The van der Waals surface area contributed by atoms with Crippen LogP contribution < -0.4 is 5.32 Å². The standard InChI is InChI=1S/C27H23BrN2O3/c28-18-11-7-17(8-12-18)25(32)23-22-6-3-15-30(22)27(24(23)16-9-13-19(31)14-10-16)20-4-1-2-5-21(20)29-26(27)33/h1-2,4-5,7-14,22-24,31H,3,6,15H2,(H,29,33)/t22-,23+,24-,27+/m0/s1. The fraction of sp³-hybridized carbons (Fsp3) is 0.259. The minimum atomic E-state index is -0.954. The second-order valence-electron chi connectivity index (χ2n) is 9.14. The van der Waals surface area contributed by atoms with E-state index in [1.807, 2.05) is 60.7 Å². The van der Waals surface area contributed by atoms with Gasteiger partial charge < -0.3 is 10.4 Å². The Balaban J connectivity index is 1.59. The number of ketones is 1. The van der Waals surface area contributed by atoms with Gasteiger partial charge in [0.25, 0.3) is 0 Å². The molecule has 2 saturated heterocycles. The van der Waals surface area contributed by atoms with Crippen molar-refractivity contribution in [1.29, 1.82) is 0 Å². The van der Waals surface area contributed by atoms with E-state index >= 15 is 0 Å². The van der Waals surface area contributed by atoms with Crippen LogP contribution in [0.2, 0.25) is 0 Å². The molecule has 4 atom stereocenters. The van der Waals surface area contributed by atoms with Crippen LogP contribution in [0.25, 0.3) is 0 Å². The van der Waals surface area contributed by atoms with Gasteiger partial charge in [0.15, 0.2) is 5.78 Å². The molecule has 1 spiro atoms. The summed E-state index contributed by atoms with van der Waals surface area (Å²) in [5, 5.41) is 13.1. The van der Waals surface area contributed by atoms with Gasteiger partial charge >= 0.3 is 0 Å². The number of rotatable bonds is 3. The van der Waals surface area contributed by atoms with Crippen LogP contribution in [0.1, 0.15) is 40.2 Å². The molecule has 3 aliphatic rings. The maximum absolute atomic E-state index is 14.1. The molecular weight excluding hydrogens is 480 g/mol. The average Bonchev–Trinajstić information content (AvgIpc) is 3.48. The summed E-state index contributed by atoms with van der Waals surface area (Å²) in [5.41, 5.74) is 2.34. The van der Waals surface area contributed by atoms with E-state index in [9.17, 15) is 14.7 Å². The van der Waals surface area contributed by atoms with E-state index in [1.54, 1.807) is 12.1 Å². The average molecular weight is 503 g/mol. The molecule has 3 heterocycles. The van der Waals surface area contributed by atoms with Crippen LogP contribution >= 0.6 is 15.9 Å². The first kappa shape index (κ1) is 20.6. The van der Waals surface area contributed by atoms with Crippen molar-refractivity contribution in [2.75, 3.05) is 11.9 Å². The number of hydrogen-bond donors (Lipinski definition) is 2. The summed E-state index contributed by atoms with van der Waals surface area (Å²) in [6.07, 6.45) is 1.83. The Labute approximate surface area is 200 Å². The second-order valence-corrected chi connectivity index (χ2v) is 10.1. The van der Waals surface area contributed by atoms with Crippen molar-refractivity contribution in [3.8, 4) is 5.75 Å². The smallest absolute Gasteiger partial charge is 0.250 e. The van der Waals surface area contributed by atoms with Crippen molar-refractivity contribution in [3.05, 3.63) is 94.0 Å². The quantitative estimate of drug-likeness (QED) is 0.491. The van der Waals surface area contributed by atoms with Gasteiger partial charge in [0.2, 0.25) is 5.91 Å². The van der Waals surface area contributed by atoms with Crippen LogP contribution in [-0.2, 0) is 10.3 Å². The number of para-hydroxylation sites is 1. The molecule has 3 aromatic rings. The number of nitrogens with zero attached hydrogens (tertiary/aromatic N) is 1. The number of phenolic OH excluding ortho intramolecular Hbond substituents is 1. The monoisotopic (exact) mass is 502 g/mol. The first-order valence-corrected chi connectivity index (χ1v) is 12.1. The lowest BCUT2D eigenvalue weighted by Crippen LogP contribution is -2.50. The summed E-state index contributed by atoms with van der Waals surface area (Å²) in [6.45, 7) is 0.769. The predicted molar refractivity (Wildman–Crippen MR) is 129 cm³/mol. The molecule has 6 heteroatoms. The summed E-state index contributed by atoms with van der Waals surface area (Å²) >= 11 is 3.46. The van der Waals surface area contributed by atoms with Crippen LogP contribution in [0.3, 0.4) is 0 Å². The summed E-state index contributed by atoms with van der Waals surface area (Å²) in [6, 6.07) is 22.3. The van der Waals surface area contributed by atoms with E-state index in [0.717, 1.165) is 40.7 Å². The summed E-state index contributed by atoms with van der Waals surface area (Å²) in [4.78, 5) is 30.3. The molecule has 3 aliphatic heterocycles. The molecule has 0 aromatic heterocycles. The molecule has 6 rings (SSSR count). The molecular formula is C27H23BrN2O3. The Morgan fingerprint density at radius 1 is 1.03 bits per heavy atom. The maximum atomic E-state index is 14.1. The van der Waals surface area contributed by atoms with E-state index < -0.39 is 5.54 Å². The van der Waals surface area contributed by atoms with E-state index in [-0.39, 0.29) is 35.3 Å². The van der Waals surface area contributed by atoms with Crippen LogP contribution in [0.15, 0.2) is 77.3 Å². The number of carbonyl (C=O) groups excluding carboxylic acids is 2. The number of hydrogen-bond acceptors (Lipinski definition) is 4. The van der Waals surface area contributed by atoms with Gasteiger partial charge in [-0.05, 0) is 55.3 Å². The normalized spacial score (nSPS) is 28.0. The first-order chi connectivity index (χ1) is 16.0. The molecule has 0 bridgehead atoms. The third kappa shape index (κ3) is 2.87. The van der Waals surface area contributed by atoms with Crippen molar-refractivity contribution in [2.24, 2.45) is 5.92 Å². The zero-order valence-electron chi connectivity index (χ0n) is 17.9. The lowest BCUT2D eigenvalue weighted by molar-refractivity contribution is -0.127. The Hall–Kier alpha value is -2.96. The Kier molecular flexibility index (Phi) is 4.71. The van der Waals surface area contributed by atoms with Crippen molar-refractivity contribution in [3.63, 3.8) is 0 Å². The number of aromatic hydroxyl groups is 1. The highest BCUT2D eigenvalue weighted by Crippen LogP contribution is 2.61. The zero-order valence-corrected chi connectivity index (χ0v) is 19.5. The molecule has 0 aliphatic carbocycles. The van der Waals surface area contributed by atoms with Crippen LogP contribution in [0.5, 0.6) is 5.75 Å². The van der Waals surface area contributed by atoms with Gasteiger partial charge in [-0.25, -0.2) is 0 Å². The molecule has 3 aromatic carbocycles. The molecule has 5 nitrogen and oxygen atoms in total. The highest BCUT2D eigenvalue weighted by atomic mass is 79.9. The molecule has 33 heavy (non-hydrogen) atoms. The van der Waals surface area contributed by atoms with E-state index in [1.165, 1.54) is 0 Å². The number of Topliss-reactive ketones (excluding diaryl/α,β-unsaturated/α-hetero) is 1. The van der Waals surface area contributed by atoms with Crippen molar-refractivity contribution in [2.45, 2.75) is 30.3 Å². The summed E-state index contributed by atoms with van der Waals surface area (Å²) in [7, 11) is 0. The molecule has 2 N–H and O–H groups in total. The van der Waals surface area contributed by atoms with Crippen molar-refractivity contribution >= 4 is 33.3 Å². The Morgan fingerprint density at radius 2 is 1.76 bits per heavy atom. The molecule has 2 fully saturated rings. The fourth-order valence-corrected chi connectivity index (χ4v) is 6.65. The maximum Gasteiger partial charge on any atom is 0.250 e. The number of nitrogens with one attached hydrogen (secondary N) is 1. The van der Waals surface area contributed by atoms with Gasteiger partial charge in [-0.1, -0.05) is 58.4 Å². The second kappa shape index (κ2) is 7.54. The van der Waals surface area contributed by atoms with E-state index in [2.05, 4.69) is 26.1 Å². The number of amides is 1. The number of anilines is 1. The van der Waals surface area contributed by atoms with Crippen LogP contribution in [0.4, 0.5) is 5.69 Å². The van der Waals surface area contributed by atoms with E-state index in [0.29, 0.717) is 5.56 Å². The minimum Gasteiger partial charge on any atom is -0.508 e. The van der Waals surface area contributed by atoms with Gasteiger partial charge in [0.05, 0.1) is 0 Å². The number of halogens is 1. The van der Waals surface area contributed by atoms with Crippen molar-refractivity contribution < 1.29 is 14.7 Å². The van der Waals surface area contributed by atoms with Gasteiger partial charge in [0, 0.05) is 39.2 Å². The van der Waals surface area contributed by atoms with Crippen molar-refractivity contribution in [1.82, 2.24) is 4.90 Å². The molecule has 0 saturated carbocycles. The number of carbonyl (C=O) groups is 2. The predicted octanol–water partition coefficient (Wildman–Crippen LogP) is 5.06. The molecule has 0 unspecified atom stereocenters. The summed E-state index contributed by atoms with van der Waals surface area (Å²) in [5.74, 6) is -0.594. The van der Waals surface area contributed by atoms with Crippen LogP contribution in [0, 0.1) is 5.92 Å². The highest BCUT2D eigenvalue weighted by molar-refractivity contribution is 9.10. The highest BCUT2D eigenvalue weighted by Gasteiger charge is 2.68. The largest absolute Gasteiger partial charge is 0.508 e. The van der Waals surface area contributed by atoms with Gasteiger partial charge in [-0.3, -0.25) is 14.5 Å². The van der Waals surface area contributed by atoms with E-state index in [4.69, 9.17) is 0 Å². The number of benzene rings is 3. The SMILES string of the molecule is O=C(c1ccc(Br)cc1)[C@@H]1[C@@H]2CCCN2[C@@]2(C(=O)Nc3ccccc32)[C@H]1c1ccc(O)cc1. The van der Waals surface area contributed by atoms with Gasteiger partial charge in [-0.15, -0.1) is 0 Å². The first-order valence-electron chi connectivity index (χ1n) is 11.3.